The second-order valence-corrected chi connectivity index (χ2v) is 7.75. The van der Waals surface area contributed by atoms with Crippen LogP contribution in [-0.4, -0.2) is 29.3 Å². The fourth-order valence-corrected chi connectivity index (χ4v) is 6.07. The summed E-state index contributed by atoms with van der Waals surface area (Å²) in [6.45, 7) is 3.56. The van der Waals surface area contributed by atoms with Gasteiger partial charge in [-0.2, -0.15) is 0 Å². The van der Waals surface area contributed by atoms with E-state index >= 15 is 0 Å². The number of rotatable bonds is 2. The largest absolute Gasteiger partial charge is 0.748 e. The highest BCUT2D eigenvalue weighted by atomic mass is 79.9. The summed E-state index contributed by atoms with van der Waals surface area (Å²) >= 11 is 3.33. The van der Waals surface area contributed by atoms with Crippen molar-refractivity contribution in [2.24, 2.45) is 16.7 Å². The van der Waals surface area contributed by atoms with Gasteiger partial charge in [-0.3, -0.25) is 4.79 Å². The van der Waals surface area contributed by atoms with Crippen LogP contribution in [0.5, 0.6) is 0 Å². The number of ketones is 1. The molecule has 0 spiro atoms. The van der Waals surface area contributed by atoms with Gasteiger partial charge >= 0.3 is 0 Å². The topological polar surface area (TPSA) is 111 Å². The van der Waals surface area contributed by atoms with Crippen molar-refractivity contribution in [3.63, 3.8) is 0 Å². The molecule has 7 heteroatoms. The quantitative estimate of drug-likeness (QED) is 0.614. The van der Waals surface area contributed by atoms with Crippen LogP contribution in [0.25, 0.3) is 0 Å². The lowest BCUT2D eigenvalue weighted by Gasteiger charge is -2.37. The van der Waals surface area contributed by atoms with E-state index in [2.05, 4.69) is 15.9 Å². The van der Waals surface area contributed by atoms with E-state index in [-0.39, 0.29) is 22.7 Å². The fraction of sp³-hybridized carbons (Fsp3) is 0.900. The van der Waals surface area contributed by atoms with Crippen molar-refractivity contribution < 1.29 is 17.8 Å². The molecule has 4 N–H and O–H groups in total. The van der Waals surface area contributed by atoms with Crippen molar-refractivity contribution >= 4 is 31.8 Å². The maximum Gasteiger partial charge on any atom is 0.153 e. The van der Waals surface area contributed by atoms with Gasteiger partial charge in [0.05, 0.1) is 14.9 Å². The molecule has 2 rings (SSSR count). The van der Waals surface area contributed by atoms with E-state index in [4.69, 9.17) is 0 Å². The molecule has 2 saturated carbocycles. The van der Waals surface area contributed by atoms with Gasteiger partial charge in [-0.05, 0) is 24.2 Å². The second kappa shape index (κ2) is 4.01. The van der Waals surface area contributed by atoms with Gasteiger partial charge in [-0.25, -0.2) is 8.42 Å². The predicted molar refractivity (Wildman–Crippen MR) is 67.2 cm³/mol. The number of hydrogen-bond donors (Lipinski definition) is 1. The van der Waals surface area contributed by atoms with Gasteiger partial charge < -0.3 is 10.7 Å². The van der Waals surface area contributed by atoms with Gasteiger partial charge in [0.15, 0.2) is 5.78 Å². The summed E-state index contributed by atoms with van der Waals surface area (Å²) in [5.74, 6) is -0.418. The summed E-state index contributed by atoms with van der Waals surface area (Å²) in [6.07, 6.45) is 1.49. The minimum Gasteiger partial charge on any atom is -0.748 e. The third-order valence-corrected chi connectivity index (χ3v) is 6.67. The van der Waals surface area contributed by atoms with Crippen LogP contribution in [0.2, 0.25) is 0 Å². The minimum absolute atomic E-state index is 0. The monoisotopic (exact) mass is 327 g/mol. The van der Waals surface area contributed by atoms with E-state index in [0.29, 0.717) is 6.42 Å². The van der Waals surface area contributed by atoms with Crippen LogP contribution < -0.4 is 6.15 Å². The number of alkyl halides is 1. The maximum atomic E-state index is 12.0. The number of fused-ring (bicyclic) bond motifs is 2. The molecule has 0 amide bonds. The molecule has 0 aromatic carbocycles. The first-order valence-electron chi connectivity index (χ1n) is 5.24. The number of carbonyl (C=O) groups is 1. The average molecular weight is 328 g/mol. The Balaban J connectivity index is 0.00000144. The van der Waals surface area contributed by atoms with Crippen LogP contribution >= 0.6 is 15.9 Å². The molecule has 0 aromatic rings. The Bertz CT molecular complexity index is 451. The lowest BCUT2D eigenvalue weighted by atomic mass is 9.70. The number of carbonyl (C=O) groups excluding carboxylic acids is 1. The van der Waals surface area contributed by atoms with Crippen molar-refractivity contribution in [1.82, 2.24) is 6.15 Å². The molecule has 0 heterocycles. The Labute approximate surface area is 110 Å². The lowest BCUT2D eigenvalue weighted by Crippen LogP contribution is -2.40. The number of halogens is 1. The van der Waals surface area contributed by atoms with E-state index in [1.165, 1.54) is 0 Å². The van der Waals surface area contributed by atoms with Gasteiger partial charge in [0, 0.05) is 11.2 Å². The number of hydrogen-bond acceptors (Lipinski definition) is 4. The van der Waals surface area contributed by atoms with Gasteiger partial charge in [-0.1, -0.05) is 29.8 Å². The molecule has 0 aromatic heterocycles. The summed E-state index contributed by atoms with van der Waals surface area (Å²) < 4.78 is 33.0. The van der Waals surface area contributed by atoms with E-state index in [0.717, 1.165) is 6.42 Å². The zero-order valence-electron chi connectivity index (χ0n) is 10.2. The Morgan fingerprint density at radius 2 is 2.00 bits per heavy atom. The first-order valence-corrected chi connectivity index (χ1v) is 7.73. The Hall–Kier alpha value is 0.0200. The second-order valence-electron chi connectivity index (χ2n) is 5.36. The van der Waals surface area contributed by atoms with Gasteiger partial charge in [0.1, 0.15) is 0 Å². The highest BCUT2D eigenvalue weighted by Gasteiger charge is 2.68. The van der Waals surface area contributed by atoms with E-state index in [9.17, 15) is 17.8 Å². The molecule has 5 nitrogen and oxygen atoms in total. The molecule has 4 atom stereocenters. The molecule has 2 aliphatic rings. The van der Waals surface area contributed by atoms with Crippen LogP contribution in [0, 0.1) is 16.7 Å². The number of quaternary nitrogens is 1. The molecular formula is C10H18BrNO4S. The summed E-state index contributed by atoms with van der Waals surface area (Å²) in [5, 5.41) is 0. The standard InChI is InChI=1S/C10H15BrO4S.H3N/c1-9-4-3-6(7(11)8(9)12)10(9,2)5-16(13,14)15;/h6-7H,3-5H2,1-2H3,(H,13,14,15);1H3/t6-,7+,9+,10-;/m0./s1. The average Bonchev–Trinajstić information content (AvgIpc) is 2.40. The van der Waals surface area contributed by atoms with Gasteiger partial charge in [0.2, 0.25) is 0 Å². The Morgan fingerprint density at radius 3 is 2.35 bits per heavy atom. The zero-order chi connectivity index (χ0) is 12.4. The molecule has 17 heavy (non-hydrogen) atoms. The SMILES string of the molecule is C[C@]1(CS(=O)(=O)[O-])[C@H]2CC[C@]1(C)C(=O)[C@@H]2Br.[NH4+]. The number of Topliss-reactive ketones (excluding diaryl/α,β-unsaturated/α-hetero) is 1. The van der Waals surface area contributed by atoms with Crippen molar-refractivity contribution in [3.05, 3.63) is 0 Å². The Kier molecular flexibility index (Phi) is 3.56. The molecule has 0 saturated heterocycles. The first kappa shape index (κ1) is 15.1. The van der Waals surface area contributed by atoms with E-state index in [1.54, 1.807) is 13.8 Å². The fourth-order valence-electron chi connectivity index (χ4n) is 3.45. The predicted octanol–water partition coefficient (Wildman–Crippen LogP) is 1.68. The molecule has 2 aliphatic carbocycles. The summed E-state index contributed by atoms with van der Waals surface area (Å²) in [5.41, 5.74) is -1.37. The van der Waals surface area contributed by atoms with Gasteiger partial charge in [0.25, 0.3) is 0 Å². The summed E-state index contributed by atoms with van der Waals surface area (Å²) in [6, 6.07) is 0. The van der Waals surface area contributed by atoms with E-state index < -0.39 is 26.7 Å². The highest BCUT2D eigenvalue weighted by molar-refractivity contribution is 9.10. The third-order valence-electron chi connectivity index (χ3n) is 4.66. The van der Waals surface area contributed by atoms with Crippen molar-refractivity contribution in [2.75, 3.05) is 5.75 Å². The molecule has 0 unspecified atom stereocenters. The van der Waals surface area contributed by atoms with Crippen molar-refractivity contribution in [2.45, 2.75) is 31.5 Å². The summed E-state index contributed by atoms with van der Waals surface area (Å²) in [4.78, 5) is 11.8. The van der Waals surface area contributed by atoms with Crippen LogP contribution in [0.15, 0.2) is 0 Å². The molecule has 2 bridgehead atoms. The summed E-state index contributed by atoms with van der Waals surface area (Å²) in [7, 11) is -4.30. The molecule has 0 radical (unpaired) electrons. The smallest absolute Gasteiger partial charge is 0.153 e. The van der Waals surface area contributed by atoms with Crippen molar-refractivity contribution in [1.29, 1.82) is 0 Å². The van der Waals surface area contributed by atoms with E-state index in [1.807, 2.05) is 0 Å². The molecule has 0 aliphatic heterocycles. The molecule has 2 fully saturated rings. The minimum atomic E-state index is -4.30. The van der Waals surface area contributed by atoms with Crippen LogP contribution in [-0.2, 0) is 14.9 Å². The molecule has 100 valence electrons. The highest BCUT2D eigenvalue weighted by Crippen LogP contribution is 2.65. The van der Waals surface area contributed by atoms with Gasteiger partial charge in [-0.15, -0.1) is 0 Å². The lowest BCUT2D eigenvalue weighted by molar-refractivity contribution is -0.127. The molecular weight excluding hydrogens is 310 g/mol. The van der Waals surface area contributed by atoms with Crippen LogP contribution in [0.4, 0.5) is 0 Å². The Morgan fingerprint density at radius 1 is 1.47 bits per heavy atom. The van der Waals surface area contributed by atoms with Crippen LogP contribution in [0.1, 0.15) is 26.7 Å². The normalized spacial score (nSPS) is 44.8. The van der Waals surface area contributed by atoms with Crippen molar-refractivity contribution in [3.8, 4) is 0 Å². The first-order chi connectivity index (χ1) is 7.12. The zero-order valence-corrected chi connectivity index (χ0v) is 12.6. The third kappa shape index (κ3) is 1.87. The maximum absolute atomic E-state index is 12.0. The van der Waals surface area contributed by atoms with Crippen LogP contribution in [0.3, 0.4) is 0 Å².